The van der Waals surface area contributed by atoms with Gasteiger partial charge in [-0.1, -0.05) is 212 Å². The normalized spacial score (nSPS) is 12.0. The fourth-order valence-corrected chi connectivity index (χ4v) is 16.9. The third-order valence-corrected chi connectivity index (χ3v) is 19.6. The average molecular weight is 908 g/mol. The maximum atomic E-state index is 2.55. The van der Waals surface area contributed by atoms with Crippen molar-refractivity contribution in [1.82, 2.24) is 13.7 Å². The summed E-state index contributed by atoms with van der Waals surface area (Å²) in [6.07, 6.45) is 0. The van der Waals surface area contributed by atoms with Gasteiger partial charge in [0.2, 0.25) is 0 Å². The van der Waals surface area contributed by atoms with Crippen LogP contribution in [-0.4, -0.2) is 21.8 Å². The van der Waals surface area contributed by atoms with E-state index in [1.54, 1.807) is 0 Å². The molecule has 0 saturated heterocycles. The molecule has 0 N–H and O–H groups in total. The highest BCUT2D eigenvalue weighted by molar-refractivity contribution is 7.21. The van der Waals surface area contributed by atoms with Crippen molar-refractivity contribution in [3.05, 3.63) is 273 Å². The minimum Gasteiger partial charge on any atom is -0.309 e. The standard InChI is InChI=1S/C66H45N3Si/c1-5-22-46(23-6-1)47-24-19-27-49(44-47)68-59-37-17-13-32-53(59)55-35-20-40-63(66(55)68)69-60-38-18-15-34-56(60)65-62(69)39-21-41-64(65)70(50-28-9-3-10-29-50,51-30-11-4-12-31-51)52-42-43-61-57(45-52)54-33-14-16-36-58(54)67(61)48-25-7-2-8-26-48/h1-45H. The third kappa shape index (κ3) is 5.94. The van der Waals surface area contributed by atoms with Crippen molar-refractivity contribution in [2.75, 3.05) is 0 Å². The van der Waals surface area contributed by atoms with Crippen LogP contribution in [0.3, 0.4) is 0 Å². The van der Waals surface area contributed by atoms with Gasteiger partial charge in [-0.3, -0.25) is 0 Å². The van der Waals surface area contributed by atoms with Crippen LogP contribution in [0, 0.1) is 0 Å². The average Bonchev–Trinajstić information content (AvgIpc) is 4.09. The van der Waals surface area contributed by atoms with E-state index in [1.165, 1.54) is 97.3 Å². The van der Waals surface area contributed by atoms with Crippen LogP contribution in [0.1, 0.15) is 0 Å². The van der Waals surface area contributed by atoms with Crippen molar-refractivity contribution in [1.29, 1.82) is 0 Å². The minimum absolute atomic E-state index is 1.13. The van der Waals surface area contributed by atoms with Crippen LogP contribution in [0.15, 0.2) is 273 Å². The summed E-state index contributed by atoms with van der Waals surface area (Å²) in [5.41, 5.74) is 12.9. The van der Waals surface area contributed by atoms with Crippen molar-refractivity contribution in [3.63, 3.8) is 0 Å². The second-order valence-electron chi connectivity index (χ2n) is 18.4. The summed E-state index contributed by atoms with van der Waals surface area (Å²) in [6, 6.07) is 102. The van der Waals surface area contributed by atoms with E-state index >= 15 is 0 Å². The minimum atomic E-state index is -3.15. The first-order valence-corrected chi connectivity index (χ1v) is 26.2. The van der Waals surface area contributed by atoms with E-state index < -0.39 is 8.07 Å². The van der Waals surface area contributed by atoms with Crippen molar-refractivity contribution in [2.45, 2.75) is 0 Å². The molecule has 0 amide bonds. The van der Waals surface area contributed by atoms with Crippen molar-refractivity contribution in [2.24, 2.45) is 0 Å². The lowest BCUT2D eigenvalue weighted by atomic mass is 10.1. The summed E-state index contributed by atoms with van der Waals surface area (Å²) in [4.78, 5) is 0. The van der Waals surface area contributed by atoms with Gasteiger partial charge in [-0.25, -0.2) is 0 Å². The molecule has 0 aliphatic rings. The molecule has 3 heterocycles. The van der Waals surface area contributed by atoms with Gasteiger partial charge >= 0.3 is 0 Å². The Labute approximate surface area is 407 Å². The van der Waals surface area contributed by atoms with E-state index in [0.29, 0.717) is 0 Å². The Bertz CT molecular complexity index is 4240. The van der Waals surface area contributed by atoms with Gasteiger partial charge in [-0.15, -0.1) is 0 Å². The third-order valence-electron chi connectivity index (χ3n) is 14.8. The fourth-order valence-electron chi connectivity index (χ4n) is 11.9. The predicted octanol–water partition coefficient (Wildman–Crippen LogP) is 14.0. The monoisotopic (exact) mass is 907 g/mol. The molecule has 3 aromatic heterocycles. The van der Waals surface area contributed by atoms with Crippen LogP contribution >= 0.6 is 0 Å². The molecule has 328 valence electrons. The summed E-state index contributed by atoms with van der Waals surface area (Å²) < 4.78 is 7.47. The zero-order chi connectivity index (χ0) is 46.2. The van der Waals surface area contributed by atoms with Crippen LogP contribution in [0.5, 0.6) is 0 Å². The zero-order valence-corrected chi connectivity index (χ0v) is 39.3. The zero-order valence-electron chi connectivity index (χ0n) is 38.3. The molecule has 0 atom stereocenters. The molecular weight excluding hydrogens is 863 g/mol. The molecule has 0 unspecified atom stereocenters. The molecule has 14 aromatic rings. The molecule has 0 aliphatic carbocycles. The number of rotatable bonds is 8. The van der Waals surface area contributed by atoms with Gasteiger partial charge in [0, 0.05) is 43.7 Å². The number of hydrogen-bond donors (Lipinski definition) is 0. The van der Waals surface area contributed by atoms with Crippen LogP contribution in [-0.2, 0) is 0 Å². The molecule has 3 nitrogen and oxygen atoms in total. The first kappa shape index (κ1) is 40.1. The molecule has 0 bridgehead atoms. The topological polar surface area (TPSA) is 14.8 Å². The molecule has 0 fully saturated rings. The Hall–Kier alpha value is -8.96. The van der Waals surface area contributed by atoms with Crippen molar-refractivity contribution >= 4 is 94.2 Å². The summed E-state index contributed by atoms with van der Waals surface area (Å²) in [5.74, 6) is 0. The first-order chi connectivity index (χ1) is 34.8. The van der Waals surface area contributed by atoms with E-state index in [9.17, 15) is 0 Å². The van der Waals surface area contributed by atoms with Crippen molar-refractivity contribution in [3.8, 4) is 28.2 Å². The van der Waals surface area contributed by atoms with Crippen LogP contribution in [0.2, 0.25) is 0 Å². The second-order valence-corrected chi connectivity index (χ2v) is 22.2. The Morgan fingerprint density at radius 3 is 1.44 bits per heavy atom. The van der Waals surface area contributed by atoms with E-state index in [1.807, 2.05) is 0 Å². The van der Waals surface area contributed by atoms with E-state index in [-0.39, 0.29) is 0 Å². The summed E-state index contributed by atoms with van der Waals surface area (Å²) in [6.45, 7) is 0. The number of para-hydroxylation sites is 5. The quantitative estimate of drug-likeness (QED) is 0.107. The van der Waals surface area contributed by atoms with E-state index in [4.69, 9.17) is 0 Å². The molecule has 11 aromatic carbocycles. The van der Waals surface area contributed by atoms with Crippen LogP contribution < -0.4 is 20.7 Å². The van der Waals surface area contributed by atoms with E-state index in [0.717, 1.165) is 17.1 Å². The Morgan fingerprint density at radius 1 is 0.257 bits per heavy atom. The Balaban J connectivity index is 1.10. The SMILES string of the molecule is c1ccc(-c2cccc(-n3c4ccccc4c4cccc(-n5c6ccccc6c6c([Si](c7ccccc7)(c7ccccc7)c7ccc8c(c7)c7ccccc7n8-c7ccccc7)cccc65)c43)c2)cc1. The van der Waals surface area contributed by atoms with Gasteiger partial charge in [-0.2, -0.15) is 0 Å². The summed E-state index contributed by atoms with van der Waals surface area (Å²) in [7, 11) is -3.15. The lowest BCUT2D eigenvalue weighted by Crippen LogP contribution is -2.74. The largest absolute Gasteiger partial charge is 0.309 e. The molecule has 70 heavy (non-hydrogen) atoms. The second kappa shape index (κ2) is 16.1. The maximum absolute atomic E-state index is 3.15. The number of aromatic nitrogens is 3. The first-order valence-electron chi connectivity index (χ1n) is 24.2. The molecule has 0 spiro atoms. The van der Waals surface area contributed by atoms with E-state index in [2.05, 4.69) is 287 Å². The smallest absolute Gasteiger partial charge is 0.180 e. The van der Waals surface area contributed by atoms with Gasteiger partial charge in [0.15, 0.2) is 8.07 Å². The predicted molar refractivity (Wildman–Crippen MR) is 299 cm³/mol. The Morgan fingerprint density at radius 2 is 0.743 bits per heavy atom. The molecule has 0 aliphatic heterocycles. The number of benzene rings is 11. The van der Waals surface area contributed by atoms with Crippen LogP contribution in [0.4, 0.5) is 0 Å². The molecule has 14 rings (SSSR count). The molecule has 4 heteroatoms. The maximum Gasteiger partial charge on any atom is 0.180 e. The number of nitrogens with zero attached hydrogens (tertiary/aromatic N) is 3. The molecule has 0 radical (unpaired) electrons. The van der Waals surface area contributed by atoms with Gasteiger partial charge in [0.05, 0.1) is 38.8 Å². The lowest BCUT2D eigenvalue weighted by molar-refractivity contribution is 1.13. The van der Waals surface area contributed by atoms with Gasteiger partial charge in [-0.05, 0) is 92.5 Å². The molecule has 0 saturated carbocycles. The fraction of sp³-hybridized carbons (Fsp3) is 0. The summed E-state index contributed by atoms with van der Waals surface area (Å²) >= 11 is 0. The highest BCUT2D eigenvalue weighted by atomic mass is 28.3. The lowest BCUT2D eigenvalue weighted by Gasteiger charge is -2.35. The highest BCUT2D eigenvalue weighted by Gasteiger charge is 2.43. The van der Waals surface area contributed by atoms with Crippen LogP contribution in [0.25, 0.3) is 93.6 Å². The van der Waals surface area contributed by atoms with Gasteiger partial charge < -0.3 is 13.7 Å². The van der Waals surface area contributed by atoms with Gasteiger partial charge in [0.25, 0.3) is 0 Å². The highest BCUT2D eigenvalue weighted by Crippen LogP contribution is 2.41. The van der Waals surface area contributed by atoms with Gasteiger partial charge in [0.1, 0.15) is 0 Å². The van der Waals surface area contributed by atoms with Crippen molar-refractivity contribution < 1.29 is 0 Å². The Kier molecular flexibility index (Phi) is 9.23. The number of hydrogen-bond acceptors (Lipinski definition) is 0. The summed E-state index contributed by atoms with van der Waals surface area (Å²) in [5, 5.41) is 12.9. The number of fused-ring (bicyclic) bond motifs is 9. The molecular formula is C66H45N3Si.